The Kier molecular flexibility index (Phi) is 5.00. The molecule has 1 fully saturated rings. The SMILES string of the molecule is Cc1nc(N2CCC(C)CC2)ncc1C(=O)Nc1ccc(Cl)cc1. The number of rotatable bonds is 3. The minimum atomic E-state index is -0.214. The largest absolute Gasteiger partial charge is 0.341 e. The van der Waals surface area contributed by atoms with E-state index in [1.165, 1.54) is 0 Å². The maximum atomic E-state index is 12.4. The number of amides is 1. The third-order valence-corrected chi connectivity index (χ3v) is 4.63. The lowest BCUT2D eigenvalue weighted by Gasteiger charge is -2.30. The van der Waals surface area contributed by atoms with Crippen LogP contribution < -0.4 is 10.2 Å². The van der Waals surface area contributed by atoms with Crippen LogP contribution in [0.2, 0.25) is 5.02 Å². The van der Waals surface area contributed by atoms with Crippen molar-refractivity contribution >= 4 is 29.1 Å². The second-order valence-corrected chi connectivity index (χ2v) is 6.74. The Bertz CT molecular complexity index is 724. The van der Waals surface area contributed by atoms with Crippen LogP contribution in [-0.2, 0) is 0 Å². The van der Waals surface area contributed by atoms with Crippen molar-refractivity contribution in [3.05, 3.63) is 46.7 Å². The summed E-state index contributed by atoms with van der Waals surface area (Å²) in [5.74, 6) is 1.25. The van der Waals surface area contributed by atoms with E-state index < -0.39 is 0 Å². The first-order valence-electron chi connectivity index (χ1n) is 8.18. The summed E-state index contributed by atoms with van der Waals surface area (Å²) in [7, 11) is 0. The van der Waals surface area contributed by atoms with Gasteiger partial charge in [-0.15, -0.1) is 0 Å². The molecule has 2 aromatic rings. The lowest BCUT2D eigenvalue weighted by atomic mass is 10.00. The molecule has 1 aliphatic rings. The quantitative estimate of drug-likeness (QED) is 0.916. The number of piperidine rings is 1. The van der Waals surface area contributed by atoms with Crippen molar-refractivity contribution in [1.29, 1.82) is 0 Å². The van der Waals surface area contributed by atoms with Crippen LogP contribution in [0.4, 0.5) is 11.6 Å². The molecule has 1 amide bonds. The maximum Gasteiger partial charge on any atom is 0.259 e. The monoisotopic (exact) mass is 344 g/mol. The van der Waals surface area contributed by atoms with E-state index in [9.17, 15) is 4.79 Å². The fourth-order valence-corrected chi connectivity index (χ4v) is 2.90. The topological polar surface area (TPSA) is 58.1 Å². The molecule has 0 unspecified atom stereocenters. The fraction of sp³-hybridized carbons (Fsp3) is 0.389. The summed E-state index contributed by atoms with van der Waals surface area (Å²) in [6.07, 6.45) is 3.92. The smallest absolute Gasteiger partial charge is 0.259 e. The van der Waals surface area contributed by atoms with Gasteiger partial charge in [0.05, 0.1) is 11.3 Å². The summed E-state index contributed by atoms with van der Waals surface area (Å²) >= 11 is 5.85. The first-order chi connectivity index (χ1) is 11.5. The van der Waals surface area contributed by atoms with Crippen LogP contribution in [0.1, 0.15) is 35.8 Å². The molecule has 1 aromatic heterocycles. The highest BCUT2D eigenvalue weighted by Crippen LogP contribution is 2.21. The Labute approximate surface area is 147 Å². The Morgan fingerprint density at radius 2 is 1.92 bits per heavy atom. The van der Waals surface area contributed by atoms with E-state index in [1.54, 1.807) is 30.5 Å². The molecular formula is C18H21ClN4O. The number of carbonyl (C=O) groups excluding carboxylic acids is 1. The zero-order valence-corrected chi connectivity index (χ0v) is 14.7. The number of hydrogen-bond donors (Lipinski definition) is 1. The van der Waals surface area contributed by atoms with Crippen LogP contribution in [0.25, 0.3) is 0 Å². The van der Waals surface area contributed by atoms with Crippen molar-refractivity contribution in [3.63, 3.8) is 0 Å². The summed E-state index contributed by atoms with van der Waals surface area (Å²) in [6, 6.07) is 7.00. The number of aromatic nitrogens is 2. The fourth-order valence-electron chi connectivity index (χ4n) is 2.77. The average molecular weight is 345 g/mol. The molecule has 0 spiro atoms. The molecule has 1 N–H and O–H groups in total. The highest BCUT2D eigenvalue weighted by atomic mass is 35.5. The van der Waals surface area contributed by atoms with Crippen LogP contribution in [0, 0.1) is 12.8 Å². The van der Waals surface area contributed by atoms with Crippen molar-refractivity contribution in [2.75, 3.05) is 23.3 Å². The predicted molar refractivity (Wildman–Crippen MR) is 96.8 cm³/mol. The molecule has 0 bridgehead atoms. The molecule has 126 valence electrons. The maximum absolute atomic E-state index is 12.4. The van der Waals surface area contributed by atoms with E-state index in [4.69, 9.17) is 11.6 Å². The molecule has 2 heterocycles. The lowest BCUT2D eigenvalue weighted by Crippen LogP contribution is -2.34. The second-order valence-electron chi connectivity index (χ2n) is 6.30. The van der Waals surface area contributed by atoms with Crippen LogP contribution in [0.5, 0.6) is 0 Å². The van der Waals surface area contributed by atoms with Crippen molar-refractivity contribution in [1.82, 2.24) is 9.97 Å². The first kappa shape index (κ1) is 16.7. The van der Waals surface area contributed by atoms with E-state index in [2.05, 4.69) is 27.1 Å². The molecule has 1 aromatic carbocycles. The van der Waals surface area contributed by atoms with Gasteiger partial charge in [0.2, 0.25) is 5.95 Å². The van der Waals surface area contributed by atoms with E-state index in [0.29, 0.717) is 27.9 Å². The summed E-state index contributed by atoms with van der Waals surface area (Å²) in [5.41, 5.74) is 1.86. The third kappa shape index (κ3) is 3.85. The molecule has 5 nitrogen and oxygen atoms in total. The van der Waals surface area contributed by atoms with Gasteiger partial charge in [0, 0.05) is 30.0 Å². The number of hydrogen-bond acceptors (Lipinski definition) is 4. The normalized spacial score (nSPS) is 15.4. The second kappa shape index (κ2) is 7.18. The van der Waals surface area contributed by atoms with Gasteiger partial charge in [-0.05, 0) is 49.9 Å². The molecule has 1 saturated heterocycles. The van der Waals surface area contributed by atoms with E-state index in [-0.39, 0.29) is 5.91 Å². The minimum Gasteiger partial charge on any atom is -0.341 e. The molecule has 1 aliphatic heterocycles. The summed E-state index contributed by atoms with van der Waals surface area (Å²) in [5, 5.41) is 3.47. The number of benzene rings is 1. The van der Waals surface area contributed by atoms with E-state index >= 15 is 0 Å². The predicted octanol–water partition coefficient (Wildman–Crippen LogP) is 3.93. The van der Waals surface area contributed by atoms with Crippen LogP contribution >= 0.6 is 11.6 Å². The Morgan fingerprint density at radius 1 is 1.25 bits per heavy atom. The molecule has 24 heavy (non-hydrogen) atoms. The molecule has 0 atom stereocenters. The minimum absolute atomic E-state index is 0.214. The lowest BCUT2D eigenvalue weighted by molar-refractivity contribution is 0.102. The summed E-state index contributed by atoms with van der Waals surface area (Å²) in [4.78, 5) is 23.5. The standard InChI is InChI=1S/C18H21ClN4O/c1-12-7-9-23(10-8-12)18-20-11-16(13(2)21-18)17(24)22-15-5-3-14(19)4-6-15/h3-6,11-12H,7-10H2,1-2H3,(H,22,24). The van der Waals surface area contributed by atoms with Crippen LogP contribution in [0.15, 0.2) is 30.5 Å². The number of carbonyl (C=O) groups is 1. The number of nitrogens with zero attached hydrogens (tertiary/aromatic N) is 3. The highest BCUT2D eigenvalue weighted by Gasteiger charge is 2.19. The van der Waals surface area contributed by atoms with Crippen LogP contribution in [0.3, 0.4) is 0 Å². The van der Waals surface area contributed by atoms with Crippen molar-refractivity contribution in [3.8, 4) is 0 Å². The Hall–Kier alpha value is -2.14. The number of halogens is 1. The molecule has 0 aliphatic carbocycles. The molecule has 6 heteroatoms. The summed E-state index contributed by atoms with van der Waals surface area (Å²) in [6.45, 7) is 6.05. The number of aryl methyl sites for hydroxylation is 1. The first-order valence-corrected chi connectivity index (χ1v) is 8.56. The van der Waals surface area contributed by atoms with Gasteiger partial charge in [-0.25, -0.2) is 9.97 Å². The van der Waals surface area contributed by atoms with Gasteiger partial charge < -0.3 is 10.2 Å². The molecular weight excluding hydrogens is 324 g/mol. The summed E-state index contributed by atoms with van der Waals surface area (Å²) < 4.78 is 0. The Morgan fingerprint density at radius 3 is 2.54 bits per heavy atom. The van der Waals surface area contributed by atoms with E-state index in [0.717, 1.165) is 31.8 Å². The third-order valence-electron chi connectivity index (χ3n) is 4.38. The van der Waals surface area contributed by atoms with Crippen molar-refractivity contribution in [2.45, 2.75) is 26.7 Å². The Balaban J connectivity index is 1.72. The molecule has 3 rings (SSSR count). The zero-order valence-electron chi connectivity index (χ0n) is 13.9. The van der Waals surface area contributed by atoms with Gasteiger partial charge in [-0.2, -0.15) is 0 Å². The number of nitrogens with one attached hydrogen (secondary N) is 1. The molecule has 0 radical (unpaired) electrons. The van der Waals surface area contributed by atoms with Gasteiger partial charge in [-0.3, -0.25) is 4.79 Å². The van der Waals surface area contributed by atoms with Gasteiger partial charge in [-0.1, -0.05) is 18.5 Å². The van der Waals surface area contributed by atoms with E-state index in [1.807, 2.05) is 6.92 Å². The van der Waals surface area contributed by atoms with Crippen molar-refractivity contribution < 1.29 is 4.79 Å². The number of anilines is 2. The van der Waals surface area contributed by atoms with Crippen LogP contribution in [-0.4, -0.2) is 29.0 Å². The average Bonchev–Trinajstić information content (AvgIpc) is 2.57. The van der Waals surface area contributed by atoms with Gasteiger partial charge in [0.1, 0.15) is 0 Å². The van der Waals surface area contributed by atoms with Gasteiger partial charge >= 0.3 is 0 Å². The van der Waals surface area contributed by atoms with Gasteiger partial charge in [0.25, 0.3) is 5.91 Å². The molecule has 0 saturated carbocycles. The van der Waals surface area contributed by atoms with Gasteiger partial charge in [0.15, 0.2) is 0 Å². The highest BCUT2D eigenvalue weighted by molar-refractivity contribution is 6.30. The zero-order chi connectivity index (χ0) is 17.1. The van der Waals surface area contributed by atoms with Crippen molar-refractivity contribution in [2.24, 2.45) is 5.92 Å².